The number of benzene rings is 2. The van der Waals surface area contributed by atoms with Crippen molar-refractivity contribution < 1.29 is 33.2 Å². The van der Waals surface area contributed by atoms with Gasteiger partial charge in [0.05, 0.1) is 32.8 Å². The highest BCUT2D eigenvalue weighted by molar-refractivity contribution is 5.75. The Morgan fingerprint density at radius 3 is 2.45 bits per heavy atom. The Bertz CT molecular complexity index is 940. The predicted molar refractivity (Wildman–Crippen MR) is 113 cm³/mol. The van der Waals surface area contributed by atoms with Crippen LogP contribution in [0.5, 0.6) is 28.7 Å². The third kappa shape index (κ3) is 4.50. The lowest BCUT2D eigenvalue weighted by Gasteiger charge is -2.19. The van der Waals surface area contributed by atoms with E-state index in [-0.39, 0.29) is 24.6 Å². The fraction of sp³-hybridized carbons (Fsp3) is 0.458. The van der Waals surface area contributed by atoms with Gasteiger partial charge in [-0.3, -0.25) is 4.79 Å². The first-order chi connectivity index (χ1) is 15.1. The van der Waals surface area contributed by atoms with Gasteiger partial charge in [0.15, 0.2) is 23.0 Å². The summed E-state index contributed by atoms with van der Waals surface area (Å²) < 4.78 is 33.3. The van der Waals surface area contributed by atoms with Crippen LogP contribution in [0.25, 0.3) is 0 Å². The lowest BCUT2D eigenvalue weighted by molar-refractivity contribution is -0.141. The number of cyclic esters (lactones) is 1. The van der Waals surface area contributed by atoms with Crippen LogP contribution in [0, 0.1) is 11.8 Å². The van der Waals surface area contributed by atoms with Gasteiger partial charge in [-0.2, -0.15) is 0 Å². The van der Waals surface area contributed by atoms with Gasteiger partial charge in [-0.25, -0.2) is 0 Å². The number of carbonyl (C=O) groups is 1. The summed E-state index contributed by atoms with van der Waals surface area (Å²) in [5.41, 5.74) is 2.04. The zero-order valence-corrected chi connectivity index (χ0v) is 18.1. The van der Waals surface area contributed by atoms with Crippen LogP contribution >= 0.6 is 0 Å². The molecule has 4 rings (SSSR count). The summed E-state index contributed by atoms with van der Waals surface area (Å²) >= 11 is 0. The van der Waals surface area contributed by atoms with Crippen molar-refractivity contribution in [3.63, 3.8) is 0 Å². The molecule has 0 radical (unpaired) electrons. The van der Waals surface area contributed by atoms with Crippen LogP contribution in [0.1, 0.15) is 25.0 Å². The van der Waals surface area contributed by atoms with Gasteiger partial charge in [-0.1, -0.05) is 6.07 Å². The van der Waals surface area contributed by atoms with Gasteiger partial charge in [0.1, 0.15) is 0 Å². The Morgan fingerprint density at radius 1 is 0.903 bits per heavy atom. The molecule has 0 bridgehead atoms. The fourth-order valence-corrected chi connectivity index (χ4v) is 4.13. The summed E-state index contributed by atoms with van der Waals surface area (Å²) in [4.78, 5) is 12.5. The van der Waals surface area contributed by atoms with E-state index in [1.165, 1.54) is 0 Å². The number of rotatable bonds is 9. The number of hydrogen-bond acceptors (Lipinski definition) is 7. The lowest BCUT2D eigenvalue weighted by Crippen LogP contribution is -2.20. The summed E-state index contributed by atoms with van der Waals surface area (Å²) in [6.07, 6.45) is 1.26. The minimum absolute atomic E-state index is 0.0704. The summed E-state index contributed by atoms with van der Waals surface area (Å²) in [6, 6.07) is 9.75. The Hall–Kier alpha value is -3.09. The summed E-state index contributed by atoms with van der Waals surface area (Å²) in [5.74, 6) is 2.96. The average molecular weight is 428 g/mol. The van der Waals surface area contributed by atoms with Gasteiger partial charge in [-0.15, -0.1) is 0 Å². The van der Waals surface area contributed by atoms with Crippen molar-refractivity contribution >= 4 is 5.97 Å². The first-order valence-electron chi connectivity index (χ1n) is 10.6. The quantitative estimate of drug-likeness (QED) is 0.563. The Kier molecular flexibility index (Phi) is 6.39. The number of fused-ring (bicyclic) bond motifs is 1. The van der Waals surface area contributed by atoms with Gasteiger partial charge in [0.2, 0.25) is 12.5 Å². The van der Waals surface area contributed by atoms with Gasteiger partial charge in [-0.05, 0) is 62.1 Å². The molecule has 2 aromatic carbocycles. The number of esters is 1. The van der Waals surface area contributed by atoms with Crippen LogP contribution in [0.15, 0.2) is 30.3 Å². The molecule has 2 aliphatic rings. The van der Waals surface area contributed by atoms with Crippen molar-refractivity contribution in [3.05, 3.63) is 41.5 Å². The highest BCUT2D eigenvalue weighted by atomic mass is 16.7. The van der Waals surface area contributed by atoms with E-state index in [1.807, 2.05) is 44.2 Å². The average Bonchev–Trinajstić information content (AvgIpc) is 3.37. The zero-order valence-electron chi connectivity index (χ0n) is 18.1. The monoisotopic (exact) mass is 428 g/mol. The van der Waals surface area contributed by atoms with Crippen molar-refractivity contribution in [1.29, 1.82) is 0 Å². The first kappa shape index (κ1) is 21.2. The van der Waals surface area contributed by atoms with Crippen LogP contribution in [0.4, 0.5) is 0 Å². The highest BCUT2D eigenvalue weighted by Gasteiger charge is 2.37. The van der Waals surface area contributed by atoms with Crippen molar-refractivity contribution in [2.45, 2.75) is 26.7 Å². The molecule has 1 saturated heterocycles. The third-order valence-corrected chi connectivity index (χ3v) is 5.59. The first-order valence-corrected chi connectivity index (χ1v) is 10.6. The normalized spacial score (nSPS) is 19.3. The smallest absolute Gasteiger partial charge is 0.309 e. The van der Waals surface area contributed by atoms with Crippen LogP contribution in [0.2, 0.25) is 0 Å². The van der Waals surface area contributed by atoms with Crippen LogP contribution in [-0.2, 0) is 22.4 Å². The van der Waals surface area contributed by atoms with E-state index < -0.39 is 0 Å². The molecule has 0 aromatic heterocycles. The van der Waals surface area contributed by atoms with Gasteiger partial charge < -0.3 is 28.4 Å². The molecule has 7 nitrogen and oxygen atoms in total. The summed E-state index contributed by atoms with van der Waals surface area (Å²) in [7, 11) is 1.60. The molecule has 2 aromatic rings. The molecule has 0 aliphatic carbocycles. The topological polar surface area (TPSA) is 72.5 Å². The second kappa shape index (κ2) is 9.37. The fourth-order valence-electron chi connectivity index (χ4n) is 4.13. The molecule has 31 heavy (non-hydrogen) atoms. The number of carbonyl (C=O) groups excluding carboxylic acids is 1. The van der Waals surface area contributed by atoms with Crippen molar-refractivity contribution in [1.82, 2.24) is 0 Å². The molecule has 7 heteroatoms. The Labute approximate surface area is 182 Å². The van der Waals surface area contributed by atoms with E-state index >= 15 is 0 Å². The molecule has 2 atom stereocenters. The maximum atomic E-state index is 12.5. The minimum atomic E-state index is -0.248. The molecule has 0 N–H and O–H groups in total. The Balaban J connectivity index is 1.55. The largest absolute Gasteiger partial charge is 0.493 e. The molecule has 2 aliphatic heterocycles. The maximum absolute atomic E-state index is 12.5. The maximum Gasteiger partial charge on any atom is 0.309 e. The van der Waals surface area contributed by atoms with Gasteiger partial charge in [0, 0.05) is 5.92 Å². The van der Waals surface area contributed by atoms with Gasteiger partial charge >= 0.3 is 5.97 Å². The van der Waals surface area contributed by atoms with Gasteiger partial charge in [0.25, 0.3) is 0 Å². The number of hydrogen-bond donors (Lipinski definition) is 0. The second-order valence-electron chi connectivity index (χ2n) is 7.58. The standard InChI is InChI=1S/C24H28O7/c1-4-27-22-12-16(11-21(26-3)23(22)28-5-2)9-18-17(13-29-24(18)25)8-15-6-7-19-20(10-15)31-14-30-19/h6-7,10-12,17-18H,4-5,8-9,13-14H2,1-3H3. The molecule has 0 amide bonds. The van der Waals surface area contributed by atoms with E-state index in [1.54, 1.807) is 7.11 Å². The zero-order chi connectivity index (χ0) is 21.8. The number of ether oxygens (including phenoxy) is 6. The molecule has 2 heterocycles. The summed E-state index contributed by atoms with van der Waals surface area (Å²) in [6.45, 7) is 5.49. The van der Waals surface area contributed by atoms with Crippen LogP contribution in [0.3, 0.4) is 0 Å². The molecule has 0 saturated carbocycles. The highest BCUT2D eigenvalue weighted by Crippen LogP contribution is 2.41. The van der Waals surface area contributed by atoms with E-state index in [9.17, 15) is 4.79 Å². The SMILES string of the molecule is CCOc1cc(CC2C(=O)OCC2Cc2ccc3c(c2)OCO3)cc(OC)c1OCC. The molecular weight excluding hydrogens is 400 g/mol. The van der Waals surface area contributed by atoms with Crippen LogP contribution < -0.4 is 23.7 Å². The molecular formula is C24H28O7. The predicted octanol–water partition coefficient (Wildman–Crippen LogP) is 3.80. The molecule has 0 spiro atoms. The van der Waals surface area contributed by atoms with E-state index in [0.29, 0.717) is 43.5 Å². The van der Waals surface area contributed by atoms with Crippen molar-refractivity contribution in [3.8, 4) is 28.7 Å². The molecule has 1 fully saturated rings. The lowest BCUT2D eigenvalue weighted by atomic mass is 9.85. The molecule has 166 valence electrons. The van der Waals surface area contributed by atoms with Crippen molar-refractivity contribution in [2.24, 2.45) is 11.8 Å². The van der Waals surface area contributed by atoms with Crippen molar-refractivity contribution in [2.75, 3.05) is 33.7 Å². The second-order valence-corrected chi connectivity index (χ2v) is 7.58. The van der Waals surface area contributed by atoms with E-state index in [0.717, 1.165) is 29.0 Å². The van der Waals surface area contributed by atoms with E-state index in [2.05, 4.69) is 0 Å². The minimum Gasteiger partial charge on any atom is -0.493 e. The van der Waals surface area contributed by atoms with E-state index in [4.69, 9.17) is 28.4 Å². The molecule has 2 unspecified atom stereocenters. The summed E-state index contributed by atoms with van der Waals surface area (Å²) in [5, 5.41) is 0. The third-order valence-electron chi connectivity index (χ3n) is 5.59. The van der Waals surface area contributed by atoms with Crippen LogP contribution in [-0.4, -0.2) is 39.7 Å². The number of methoxy groups -OCH3 is 1. The Morgan fingerprint density at radius 2 is 1.68 bits per heavy atom.